The van der Waals surface area contributed by atoms with Crippen molar-refractivity contribution in [1.29, 1.82) is 0 Å². The Morgan fingerprint density at radius 3 is 2.87 bits per heavy atom. The van der Waals surface area contributed by atoms with Gasteiger partial charge in [-0.3, -0.25) is 4.79 Å². The van der Waals surface area contributed by atoms with Crippen LogP contribution in [-0.4, -0.2) is 31.7 Å². The Kier molecular flexibility index (Phi) is 3.81. The SMILES string of the molecule is C[C@@H]1Cn2c(-c3ccc4oc(N)nc4c3)nc3cc(C[C@H](C(=O)O)C4CC4)cc(c32)O1. The number of nitrogens with two attached hydrogens (primary N) is 1. The number of carboxylic acid groups (broad SMARTS) is 1. The molecule has 1 aliphatic heterocycles. The fourth-order valence-corrected chi connectivity index (χ4v) is 4.69. The number of carboxylic acids is 1. The normalized spacial score (nSPS) is 18.9. The Morgan fingerprint density at radius 2 is 2.10 bits per heavy atom. The summed E-state index contributed by atoms with van der Waals surface area (Å²) < 4.78 is 13.7. The minimum Gasteiger partial charge on any atom is -0.487 e. The number of hydrogen-bond donors (Lipinski definition) is 2. The monoisotopic (exact) mass is 418 g/mol. The third-order valence-electron chi connectivity index (χ3n) is 6.26. The lowest BCUT2D eigenvalue weighted by Crippen LogP contribution is -2.24. The van der Waals surface area contributed by atoms with Crippen LogP contribution in [0.3, 0.4) is 0 Å². The zero-order valence-corrected chi connectivity index (χ0v) is 17.0. The lowest BCUT2D eigenvalue weighted by molar-refractivity contribution is -0.142. The number of ether oxygens (including phenoxy) is 1. The molecule has 8 nitrogen and oxygen atoms in total. The molecule has 2 aromatic carbocycles. The minimum absolute atomic E-state index is 0.0240. The second-order valence-electron chi connectivity index (χ2n) is 8.66. The number of nitrogen functional groups attached to an aromatic ring is 1. The van der Waals surface area contributed by atoms with Crippen LogP contribution in [0.15, 0.2) is 34.7 Å². The van der Waals surface area contributed by atoms with Gasteiger partial charge in [0.25, 0.3) is 6.01 Å². The van der Waals surface area contributed by atoms with E-state index in [1.54, 1.807) is 0 Å². The highest BCUT2D eigenvalue weighted by molar-refractivity contribution is 5.89. The third-order valence-corrected chi connectivity index (χ3v) is 6.26. The molecule has 3 N–H and O–H groups in total. The smallest absolute Gasteiger partial charge is 0.307 e. The summed E-state index contributed by atoms with van der Waals surface area (Å²) in [5.74, 6) is 0.781. The fraction of sp³-hybridized carbons (Fsp3) is 0.348. The van der Waals surface area contributed by atoms with Gasteiger partial charge in [-0.2, -0.15) is 4.98 Å². The van der Waals surface area contributed by atoms with Crippen molar-refractivity contribution in [3.05, 3.63) is 35.9 Å². The Hall–Kier alpha value is -3.55. The zero-order chi connectivity index (χ0) is 21.3. The summed E-state index contributed by atoms with van der Waals surface area (Å²) in [6, 6.07) is 9.85. The van der Waals surface area contributed by atoms with Crippen LogP contribution in [0.25, 0.3) is 33.5 Å². The van der Waals surface area contributed by atoms with Crippen molar-refractivity contribution in [3.63, 3.8) is 0 Å². The van der Waals surface area contributed by atoms with Crippen molar-refractivity contribution >= 4 is 34.1 Å². The quantitative estimate of drug-likeness (QED) is 0.505. The van der Waals surface area contributed by atoms with Gasteiger partial charge in [0.1, 0.15) is 28.7 Å². The predicted octanol–water partition coefficient (Wildman–Crippen LogP) is 3.86. The number of carbonyl (C=O) groups is 1. The number of rotatable bonds is 5. The average molecular weight is 418 g/mol. The van der Waals surface area contributed by atoms with Crippen LogP contribution in [-0.2, 0) is 17.8 Å². The molecule has 3 heterocycles. The maximum Gasteiger partial charge on any atom is 0.307 e. The predicted molar refractivity (Wildman–Crippen MR) is 115 cm³/mol. The summed E-state index contributed by atoms with van der Waals surface area (Å²) in [4.78, 5) is 20.9. The number of hydrogen-bond acceptors (Lipinski definition) is 6. The van der Waals surface area contributed by atoms with Gasteiger partial charge < -0.3 is 24.6 Å². The van der Waals surface area contributed by atoms with E-state index >= 15 is 0 Å². The summed E-state index contributed by atoms with van der Waals surface area (Å²) in [7, 11) is 0. The topological polar surface area (TPSA) is 116 Å². The first-order valence-corrected chi connectivity index (χ1v) is 10.6. The van der Waals surface area contributed by atoms with Crippen LogP contribution >= 0.6 is 0 Å². The van der Waals surface area contributed by atoms with Crippen LogP contribution in [0.1, 0.15) is 25.3 Å². The largest absolute Gasteiger partial charge is 0.487 e. The van der Waals surface area contributed by atoms with E-state index in [0.717, 1.165) is 46.6 Å². The molecule has 8 heteroatoms. The Bertz CT molecular complexity index is 1350. The summed E-state index contributed by atoms with van der Waals surface area (Å²) in [5.41, 5.74) is 10.6. The first-order valence-electron chi connectivity index (χ1n) is 10.6. The van der Waals surface area contributed by atoms with Gasteiger partial charge in [-0.15, -0.1) is 0 Å². The number of aliphatic carboxylic acids is 1. The minimum atomic E-state index is -0.725. The Labute approximate surface area is 177 Å². The second kappa shape index (κ2) is 6.47. The maximum atomic E-state index is 11.7. The van der Waals surface area contributed by atoms with E-state index in [1.165, 1.54) is 0 Å². The zero-order valence-electron chi connectivity index (χ0n) is 17.0. The summed E-state index contributed by atoms with van der Waals surface area (Å²) in [6.45, 7) is 2.70. The molecule has 0 spiro atoms. The van der Waals surface area contributed by atoms with E-state index in [9.17, 15) is 9.90 Å². The first kappa shape index (κ1) is 18.2. The highest BCUT2D eigenvalue weighted by atomic mass is 16.5. The van der Waals surface area contributed by atoms with Crippen molar-refractivity contribution < 1.29 is 19.1 Å². The van der Waals surface area contributed by atoms with Crippen molar-refractivity contribution in [2.45, 2.75) is 38.8 Å². The number of imidazole rings is 1. The number of oxazole rings is 1. The number of anilines is 1. The van der Waals surface area contributed by atoms with Crippen molar-refractivity contribution in [2.24, 2.45) is 11.8 Å². The van der Waals surface area contributed by atoms with E-state index in [1.807, 2.05) is 37.3 Å². The van der Waals surface area contributed by atoms with Gasteiger partial charge in [0.2, 0.25) is 0 Å². The fourth-order valence-electron chi connectivity index (χ4n) is 4.69. The number of aromatic nitrogens is 3. The van der Waals surface area contributed by atoms with Crippen LogP contribution < -0.4 is 10.5 Å². The standard InChI is InChI=1S/C23H22N4O4/c1-11-10-27-20-17(25-21(27)14-4-5-18-16(9-14)26-23(24)31-18)7-12(8-19(20)30-11)6-15(22(28)29)13-2-3-13/h4-5,7-9,11,13,15H,2-3,6,10H2,1H3,(H2,24,26)(H,28,29)/t11-,15+/m1/s1. The van der Waals surface area contributed by atoms with Gasteiger partial charge in [-0.1, -0.05) is 0 Å². The van der Waals surface area contributed by atoms with Gasteiger partial charge in [-0.05, 0) is 68.0 Å². The first-order chi connectivity index (χ1) is 15.0. The highest BCUT2D eigenvalue weighted by Gasteiger charge is 2.36. The van der Waals surface area contributed by atoms with Crippen LogP contribution in [0.5, 0.6) is 5.75 Å². The van der Waals surface area contributed by atoms with Crippen LogP contribution in [0, 0.1) is 11.8 Å². The molecular formula is C23H22N4O4. The molecule has 2 atom stereocenters. The molecule has 4 aromatic rings. The van der Waals surface area contributed by atoms with Gasteiger partial charge in [0.05, 0.1) is 18.0 Å². The molecule has 1 saturated carbocycles. The molecule has 0 amide bonds. The van der Waals surface area contributed by atoms with Crippen molar-refractivity contribution in [2.75, 3.05) is 5.73 Å². The van der Waals surface area contributed by atoms with Gasteiger partial charge in [0.15, 0.2) is 5.58 Å². The molecular weight excluding hydrogens is 396 g/mol. The molecule has 0 unspecified atom stereocenters. The third kappa shape index (κ3) is 3.01. The summed E-state index contributed by atoms with van der Waals surface area (Å²) >= 11 is 0. The second-order valence-corrected chi connectivity index (χ2v) is 8.66. The van der Waals surface area contributed by atoms with Gasteiger partial charge in [0, 0.05) is 5.56 Å². The molecule has 6 rings (SSSR count). The summed E-state index contributed by atoms with van der Waals surface area (Å²) in [6.07, 6.45) is 2.46. The van der Waals surface area contributed by atoms with Gasteiger partial charge in [-0.25, -0.2) is 4.98 Å². The van der Waals surface area contributed by atoms with Crippen molar-refractivity contribution in [1.82, 2.24) is 14.5 Å². The molecule has 2 aliphatic rings. The average Bonchev–Trinajstić information content (AvgIpc) is 3.39. The van der Waals surface area contributed by atoms with Gasteiger partial charge >= 0.3 is 5.97 Å². The Balaban J connectivity index is 1.48. The van der Waals surface area contributed by atoms with Crippen LogP contribution in [0.2, 0.25) is 0 Å². The highest BCUT2D eigenvalue weighted by Crippen LogP contribution is 2.41. The molecule has 158 valence electrons. The van der Waals surface area contributed by atoms with E-state index in [-0.39, 0.29) is 24.0 Å². The van der Waals surface area contributed by atoms with E-state index < -0.39 is 5.97 Å². The molecule has 1 fully saturated rings. The summed E-state index contributed by atoms with van der Waals surface area (Å²) in [5, 5.41) is 9.65. The molecule has 0 radical (unpaired) electrons. The molecule has 0 bridgehead atoms. The lowest BCUT2D eigenvalue weighted by Gasteiger charge is -2.24. The molecule has 2 aromatic heterocycles. The molecule has 0 saturated heterocycles. The van der Waals surface area contributed by atoms with E-state index in [2.05, 4.69) is 9.55 Å². The number of fused-ring (bicyclic) bond motifs is 1. The maximum absolute atomic E-state index is 11.7. The number of nitrogens with zero attached hydrogens (tertiary/aromatic N) is 3. The van der Waals surface area contributed by atoms with E-state index in [0.29, 0.717) is 24.1 Å². The van der Waals surface area contributed by atoms with Crippen LogP contribution in [0.4, 0.5) is 6.01 Å². The molecule has 1 aliphatic carbocycles. The van der Waals surface area contributed by atoms with Crippen molar-refractivity contribution in [3.8, 4) is 17.1 Å². The Morgan fingerprint density at radius 1 is 1.26 bits per heavy atom. The lowest BCUT2D eigenvalue weighted by atomic mass is 9.94. The van der Waals surface area contributed by atoms with E-state index in [4.69, 9.17) is 19.9 Å². The number of benzene rings is 2. The molecule has 31 heavy (non-hydrogen) atoms.